The molecular formula is C28H39NO18. The summed E-state index contributed by atoms with van der Waals surface area (Å²) in [6.07, 6.45) is -14.2. The molecule has 2 fully saturated rings. The third-order valence-electron chi connectivity index (χ3n) is 6.29. The fourth-order valence-corrected chi connectivity index (χ4v) is 4.84. The molecule has 0 aromatic carbocycles. The Labute approximate surface area is 269 Å². The van der Waals surface area contributed by atoms with Crippen LogP contribution in [0.25, 0.3) is 0 Å². The summed E-state index contributed by atoms with van der Waals surface area (Å²) in [5.74, 6) is -6.64. The van der Waals surface area contributed by atoms with E-state index < -0.39 is 122 Å². The van der Waals surface area contributed by atoms with Crippen molar-refractivity contribution in [3.8, 4) is 0 Å². The lowest BCUT2D eigenvalue weighted by atomic mass is 9.94. The molecule has 0 spiro atoms. The van der Waals surface area contributed by atoms with Gasteiger partial charge in [-0.05, 0) is 0 Å². The Morgan fingerprint density at radius 3 is 1.32 bits per heavy atom. The highest BCUT2D eigenvalue weighted by Gasteiger charge is 2.57. The summed E-state index contributed by atoms with van der Waals surface area (Å²) in [6.45, 7) is 7.30. The van der Waals surface area contributed by atoms with Crippen molar-refractivity contribution in [2.45, 2.75) is 117 Å². The summed E-state index contributed by atoms with van der Waals surface area (Å²) in [7, 11) is 0. The minimum Gasteiger partial charge on any atom is -0.463 e. The molecule has 0 saturated carbocycles. The van der Waals surface area contributed by atoms with Crippen LogP contribution in [0.4, 0.5) is 0 Å². The maximum Gasteiger partial charge on any atom is 0.305 e. The monoisotopic (exact) mass is 677 g/mol. The Morgan fingerprint density at radius 2 is 0.872 bits per heavy atom. The van der Waals surface area contributed by atoms with Crippen molar-refractivity contribution >= 4 is 47.7 Å². The molecule has 19 heteroatoms. The lowest BCUT2D eigenvalue weighted by Gasteiger charge is -2.48. The van der Waals surface area contributed by atoms with Crippen LogP contribution >= 0.6 is 0 Å². The summed E-state index contributed by atoms with van der Waals surface area (Å²) < 4.78 is 55.2. The zero-order chi connectivity index (χ0) is 35.6. The van der Waals surface area contributed by atoms with E-state index >= 15 is 0 Å². The Hall–Kier alpha value is -4.36. The van der Waals surface area contributed by atoms with Gasteiger partial charge in [0, 0.05) is 55.4 Å². The number of ether oxygens (including phenoxy) is 10. The fourth-order valence-electron chi connectivity index (χ4n) is 4.84. The second kappa shape index (κ2) is 17.5. The van der Waals surface area contributed by atoms with Crippen LogP contribution < -0.4 is 5.32 Å². The maximum atomic E-state index is 12.3. The Balaban J connectivity index is 2.73. The van der Waals surface area contributed by atoms with Crippen molar-refractivity contribution in [2.24, 2.45) is 0 Å². The zero-order valence-corrected chi connectivity index (χ0v) is 27.0. The van der Waals surface area contributed by atoms with E-state index in [0.717, 1.165) is 55.4 Å². The highest BCUT2D eigenvalue weighted by Crippen LogP contribution is 2.34. The van der Waals surface area contributed by atoms with Crippen molar-refractivity contribution in [3.63, 3.8) is 0 Å². The fraction of sp³-hybridized carbons (Fsp3) is 0.714. The number of carbonyl (C=O) groups excluding carboxylic acids is 8. The first-order valence-electron chi connectivity index (χ1n) is 14.3. The van der Waals surface area contributed by atoms with E-state index in [1.807, 2.05) is 0 Å². The lowest BCUT2D eigenvalue weighted by molar-refractivity contribution is -0.348. The lowest BCUT2D eigenvalue weighted by Crippen LogP contribution is -2.69. The van der Waals surface area contributed by atoms with Crippen LogP contribution in [-0.4, -0.2) is 122 Å². The molecule has 2 saturated heterocycles. The first kappa shape index (κ1) is 38.8. The third kappa shape index (κ3) is 12.1. The normalized spacial score (nSPS) is 30.0. The average Bonchev–Trinajstić information content (AvgIpc) is 2.91. The topological polar surface area (TPSA) is 241 Å². The number of esters is 7. The standard InChI is InChI=1S/C28H39NO18/c1-11(30)29-21-24(41-15(5)34)22(19(9-38-12(2)31)45-27(21)44-18(8)37)47-28-26(43-17(7)36)25(42-16(6)35)23(40-14(4)33)20(46-28)10-39-13(3)32/h19-28H,9-10H2,1-8H3,(H,29,30)/t19?,20?,21?,22-,23-,24+,25-,26?,27?,28-/m0/s1. The molecule has 264 valence electrons. The minimum absolute atomic E-state index is 0.577. The molecule has 0 aromatic rings. The molecule has 2 heterocycles. The number of hydrogen-bond acceptors (Lipinski definition) is 18. The Morgan fingerprint density at radius 1 is 0.468 bits per heavy atom. The second-order valence-electron chi connectivity index (χ2n) is 10.4. The molecule has 0 bridgehead atoms. The highest BCUT2D eigenvalue weighted by atomic mass is 16.8. The van der Waals surface area contributed by atoms with Crippen molar-refractivity contribution in [1.82, 2.24) is 5.32 Å². The Bertz CT molecular complexity index is 1200. The average molecular weight is 678 g/mol. The van der Waals surface area contributed by atoms with Gasteiger partial charge in [0.2, 0.25) is 12.2 Å². The molecule has 0 aromatic heterocycles. The molecule has 5 unspecified atom stereocenters. The summed E-state index contributed by atoms with van der Waals surface area (Å²) in [5.41, 5.74) is 0. The summed E-state index contributed by atoms with van der Waals surface area (Å²) >= 11 is 0. The highest BCUT2D eigenvalue weighted by molar-refractivity contribution is 5.74. The van der Waals surface area contributed by atoms with Gasteiger partial charge in [-0.3, -0.25) is 38.4 Å². The van der Waals surface area contributed by atoms with Crippen LogP contribution in [0.2, 0.25) is 0 Å². The van der Waals surface area contributed by atoms with Gasteiger partial charge in [-0.15, -0.1) is 0 Å². The van der Waals surface area contributed by atoms with Gasteiger partial charge >= 0.3 is 41.8 Å². The molecule has 2 aliphatic rings. The van der Waals surface area contributed by atoms with E-state index in [4.69, 9.17) is 47.4 Å². The van der Waals surface area contributed by atoms with E-state index in [1.54, 1.807) is 0 Å². The number of hydrogen-bond donors (Lipinski definition) is 1. The van der Waals surface area contributed by atoms with Crippen LogP contribution in [0, 0.1) is 0 Å². The quantitative estimate of drug-likeness (QED) is 0.187. The second-order valence-corrected chi connectivity index (χ2v) is 10.4. The smallest absolute Gasteiger partial charge is 0.305 e. The summed E-state index contributed by atoms with van der Waals surface area (Å²) in [5, 5.41) is 2.48. The Kier molecular flexibility index (Phi) is 14.5. The summed E-state index contributed by atoms with van der Waals surface area (Å²) in [4.78, 5) is 96.5. The van der Waals surface area contributed by atoms with Crippen LogP contribution in [0.5, 0.6) is 0 Å². The van der Waals surface area contributed by atoms with E-state index in [2.05, 4.69) is 5.32 Å². The predicted octanol–water partition coefficient (Wildman–Crippen LogP) is -1.26. The SMILES string of the molecule is CC(=O)NC1C(OC(C)=O)OC(COC(C)=O)[C@H](O[C@@H]2OC(COC(C)=O)[C@H](OC(C)=O)[C@H](OC(C)=O)C2OC(C)=O)[C@@H]1OC(C)=O. The molecule has 10 atom stereocenters. The first-order chi connectivity index (χ1) is 21.9. The first-order valence-corrected chi connectivity index (χ1v) is 14.3. The van der Waals surface area contributed by atoms with Gasteiger partial charge in [0.25, 0.3) is 0 Å². The van der Waals surface area contributed by atoms with Crippen LogP contribution in [0.3, 0.4) is 0 Å². The van der Waals surface area contributed by atoms with Gasteiger partial charge in [0.15, 0.2) is 30.7 Å². The molecule has 19 nitrogen and oxygen atoms in total. The number of nitrogens with one attached hydrogen (secondary N) is 1. The molecule has 1 amide bonds. The van der Waals surface area contributed by atoms with Crippen molar-refractivity contribution in [2.75, 3.05) is 13.2 Å². The molecule has 0 aliphatic carbocycles. The van der Waals surface area contributed by atoms with Crippen LogP contribution in [0.15, 0.2) is 0 Å². The van der Waals surface area contributed by atoms with Crippen LogP contribution in [0.1, 0.15) is 55.4 Å². The van der Waals surface area contributed by atoms with Gasteiger partial charge in [-0.2, -0.15) is 0 Å². The van der Waals surface area contributed by atoms with Crippen molar-refractivity contribution < 1.29 is 85.7 Å². The van der Waals surface area contributed by atoms with E-state index in [-0.39, 0.29) is 0 Å². The minimum atomic E-state index is -1.80. The molecule has 47 heavy (non-hydrogen) atoms. The number of rotatable bonds is 12. The molecule has 2 rings (SSSR count). The van der Waals surface area contributed by atoms with Gasteiger partial charge in [0.1, 0.15) is 37.6 Å². The predicted molar refractivity (Wildman–Crippen MR) is 147 cm³/mol. The maximum absolute atomic E-state index is 12.3. The number of carbonyl (C=O) groups is 8. The van der Waals surface area contributed by atoms with E-state index in [0.29, 0.717) is 0 Å². The zero-order valence-electron chi connectivity index (χ0n) is 27.0. The van der Waals surface area contributed by atoms with Crippen LogP contribution in [-0.2, 0) is 85.7 Å². The largest absolute Gasteiger partial charge is 0.463 e. The number of amides is 1. The molecule has 0 radical (unpaired) electrons. The van der Waals surface area contributed by atoms with Gasteiger partial charge in [0.05, 0.1) is 0 Å². The third-order valence-corrected chi connectivity index (χ3v) is 6.29. The van der Waals surface area contributed by atoms with E-state index in [9.17, 15) is 38.4 Å². The van der Waals surface area contributed by atoms with Gasteiger partial charge in [-0.25, -0.2) is 0 Å². The molecular weight excluding hydrogens is 638 g/mol. The molecule has 2 aliphatic heterocycles. The van der Waals surface area contributed by atoms with Gasteiger partial charge < -0.3 is 52.7 Å². The summed E-state index contributed by atoms with van der Waals surface area (Å²) in [6, 6.07) is -1.43. The molecule has 1 N–H and O–H groups in total. The van der Waals surface area contributed by atoms with Crippen molar-refractivity contribution in [3.05, 3.63) is 0 Å². The van der Waals surface area contributed by atoms with Gasteiger partial charge in [-0.1, -0.05) is 0 Å². The van der Waals surface area contributed by atoms with E-state index in [1.165, 1.54) is 0 Å². The van der Waals surface area contributed by atoms with Crippen molar-refractivity contribution in [1.29, 1.82) is 0 Å².